The largest absolute Gasteiger partial charge is 0.333 e. The fraction of sp³-hybridized carbons (Fsp3) is 0.353. The van der Waals surface area contributed by atoms with Gasteiger partial charge in [0, 0.05) is 23.4 Å². The van der Waals surface area contributed by atoms with E-state index in [0.29, 0.717) is 18.1 Å². The first-order valence-electron chi connectivity index (χ1n) is 7.34. The number of fused-ring (bicyclic) bond motifs is 1. The van der Waals surface area contributed by atoms with Crippen molar-refractivity contribution in [1.82, 2.24) is 14.9 Å². The summed E-state index contributed by atoms with van der Waals surface area (Å²) < 4.78 is 0. The van der Waals surface area contributed by atoms with Gasteiger partial charge in [-0.1, -0.05) is 36.8 Å². The Kier molecular flexibility index (Phi) is 3.45. The lowest BCUT2D eigenvalue weighted by Gasteiger charge is -2.12. The van der Waals surface area contributed by atoms with Crippen molar-refractivity contribution in [3.05, 3.63) is 46.8 Å². The molecule has 0 unspecified atom stereocenters. The molecule has 1 aromatic heterocycles. The Morgan fingerprint density at radius 2 is 1.86 bits per heavy atom. The highest BCUT2D eigenvalue weighted by Gasteiger charge is 2.30. The van der Waals surface area contributed by atoms with E-state index in [1.165, 1.54) is 5.56 Å². The van der Waals surface area contributed by atoms with E-state index < -0.39 is 0 Å². The second kappa shape index (κ2) is 5.28. The Hall–Kier alpha value is -2.23. The van der Waals surface area contributed by atoms with E-state index in [4.69, 9.17) is 0 Å². The molecular weight excluding hydrogens is 262 g/mol. The average molecular weight is 281 g/mol. The number of nitrogens with zero attached hydrogens (tertiary/aromatic N) is 3. The van der Waals surface area contributed by atoms with Crippen molar-refractivity contribution in [2.24, 2.45) is 0 Å². The van der Waals surface area contributed by atoms with Gasteiger partial charge in [-0.25, -0.2) is 9.97 Å². The molecule has 0 spiro atoms. The third kappa shape index (κ3) is 2.42. The molecule has 0 fully saturated rings. The predicted octanol–water partition coefficient (Wildman–Crippen LogP) is 3.13. The quantitative estimate of drug-likeness (QED) is 0.868. The molecule has 1 aliphatic rings. The predicted molar refractivity (Wildman–Crippen MR) is 82.0 cm³/mol. The first-order chi connectivity index (χ1) is 10.1. The van der Waals surface area contributed by atoms with Gasteiger partial charge in [0.25, 0.3) is 5.91 Å². The first kappa shape index (κ1) is 13.7. The van der Waals surface area contributed by atoms with Crippen molar-refractivity contribution in [2.45, 2.75) is 33.7 Å². The van der Waals surface area contributed by atoms with Crippen molar-refractivity contribution in [3.8, 4) is 11.4 Å². The van der Waals surface area contributed by atoms with E-state index in [0.717, 1.165) is 29.8 Å². The normalized spacial score (nSPS) is 13.7. The molecule has 1 aromatic carbocycles. The molecule has 0 saturated carbocycles. The van der Waals surface area contributed by atoms with E-state index in [-0.39, 0.29) is 5.91 Å². The fourth-order valence-corrected chi connectivity index (χ4v) is 2.66. The van der Waals surface area contributed by atoms with E-state index in [1.54, 1.807) is 0 Å². The van der Waals surface area contributed by atoms with Crippen molar-refractivity contribution < 1.29 is 4.79 Å². The maximum Gasteiger partial charge on any atom is 0.273 e. The van der Waals surface area contributed by atoms with Crippen LogP contribution in [-0.4, -0.2) is 27.3 Å². The minimum atomic E-state index is 0.0331. The third-order valence-corrected chi connectivity index (χ3v) is 3.86. The van der Waals surface area contributed by atoms with E-state index in [9.17, 15) is 4.79 Å². The van der Waals surface area contributed by atoms with Crippen LogP contribution >= 0.6 is 0 Å². The Bertz CT molecular complexity index is 692. The van der Waals surface area contributed by atoms with Crippen LogP contribution < -0.4 is 0 Å². The lowest BCUT2D eigenvalue weighted by atomic mass is 10.1. The van der Waals surface area contributed by atoms with Crippen LogP contribution in [0, 0.1) is 13.8 Å². The van der Waals surface area contributed by atoms with Gasteiger partial charge in [-0.2, -0.15) is 0 Å². The highest BCUT2D eigenvalue weighted by atomic mass is 16.2. The van der Waals surface area contributed by atoms with Crippen LogP contribution in [0.2, 0.25) is 0 Å². The number of benzene rings is 1. The highest BCUT2D eigenvalue weighted by Crippen LogP contribution is 2.26. The van der Waals surface area contributed by atoms with Crippen LogP contribution in [0.1, 0.15) is 40.7 Å². The number of amides is 1. The maximum atomic E-state index is 12.4. The smallest absolute Gasteiger partial charge is 0.273 e. The van der Waals surface area contributed by atoms with Gasteiger partial charge in [-0.05, 0) is 20.3 Å². The van der Waals surface area contributed by atoms with Crippen LogP contribution in [0.15, 0.2) is 24.3 Å². The average Bonchev–Trinajstić information content (AvgIpc) is 2.78. The molecule has 2 aromatic rings. The van der Waals surface area contributed by atoms with Gasteiger partial charge in [-0.3, -0.25) is 4.79 Å². The molecule has 4 nitrogen and oxygen atoms in total. The number of carbonyl (C=O) groups excluding carboxylic acids is 1. The van der Waals surface area contributed by atoms with Crippen molar-refractivity contribution in [2.75, 3.05) is 6.54 Å². The molecule has 108 valence electrons. The van der Waals surface area contributed by atoms with Gasteiger partial charge in [0.05, 0.1) is 6.54 Å². The molecular formula is C17H19N3O. The molecule has 0 saturated heterocycles. The summed E-state index contributed by atoms with van der Waals surface area (Å²) in [5.41, 5.74) is 4.61. The van der Waals surface area contributed by atoms with Crippen LogP contribution in [0.3, 0.4) is 0 Å². The van der Waals surface area contributed by atoms with Crippen LogP contribution in [0.25, 0.3) is 11.4 Å². The maximum absolute atomic E-state index is 12.4. The minimum absolute atomic E-state index is 0.0331. The Morgan fingerprint density at radius 1 is 1.14 bits per heavy atom. The topological polar surface area (TPSA) is 46.1 Å². The number of hydrogen-bond acceptors (Lipinski definition) is 3. The summed E-state index contributed by atoms with van der Waals surface area (Å²) in [5.74, 6) is 0.670. The van der Waals surface area contributed by atoms with Crippen LogP contribution in [0.5, 0.6) is 0 Å². The molecule has 1 amide bonds. The number of carbonyl (C=O) groups is 1. The molecule has 3 rings (SSSR count). The van der Waals surface area contributed by atoms with Gasteiger partial charge in [-0.15, -0.1) is 0 Å². The zero-order chi connectivity index (χ0) is 15.0. The molecule has 2 heterocycles. The van der Waals surface area contributed by atoms with Crippen LogP contribution in [-0.2, 0) is 6.54 Å². The van der Waals surface area contributed by atoms with Gasteiger partial charge < -0.3 is 4.90 Å². The molecule has 1 aliphatic heterocycles. The SMILES string of the molecule is CCCN1Cc2c(C)nc(-c3ccc(C)cc3)nc2C1=O. The van der Waals surface area contributed by atoms with E-state index in [2.05, 4.69) is 16.9 Å². The Balaban J connectivity index is 2.03. The summed E-state index contributed by atoms with van der Waals surface area (Å²) in [4.78, 5) is 23.4. The molecule has 0 N–H and O–H groups in total. The Labute approximate surface area is 124 Å². The van der Waals surface area contributed by atoms with Crippen molar-refractivity contribution >= 4 is 5.91 Å². The van der Waals surface area contributed by atoms with E-state index in [1.807, 2.05) is 43.0 Å². The Morgan fingerprint density at radius 3 is 2.52 bits per heavy atom. The molecule has 0 bridgehead atoms. The zero-order valence-electron chi connectivity index (χ0n) is 12.7. The molecule has 4 heteroatoms. The summed E-state index contributed by atoms with van der Waals surface area (Å²) in [5, 5.41) is 0. The summed E-state index contributed by atoms with van der Waals surface area (Å²) in [6.45, 7) is 7.49. The first-order valence-corrected chi connectivity index (χ1v) is 7.34. The molecule has 0 radical (unpaired) electrons. The number of aryl methyl sites for hydroxylation is 2. The second-order valence-electron chi connectivity index (χ2n) is 5.55. The molecule has 0 aliphatic carbocycles. The van der Waals surface area contributed by atoms with Crippen molar-refractivity contribution in [1.29, 1.82) is 0 Å². The number of rotatable bonds is 3. The number of aromatic nitrogens is 2. The summed E-state index contributed by atoms with van der Waals surface area (Å²) in [6, 6.07) is 8.07. The second-order valence-corrected chi connectivity index (χ2v) is 5.55. The minimum Gasteiger partial charge on any atom is -0.333 e. The van der Waals surface area contributed by atoms with Crippen molar-refractivity contribution in [3.63, 3.8) is 0 Å². The summed E-state index contributed by atoms with van der Waals surface area (Å²) in [7, 11) is 0. The van der Waals surface area contributed by atoms with Gasteiger partial charge in [0.2, 0.25) is 0 Å². The summed E-state index contributed by atoms with van der Waals surface area (Å²) >= 11 is 0. The van der Waals surface area contributed by atoms with Gasteiger partial charge >= 0.3 is 0 Å². The fourth-order valence-electron chi connectivity index (χ4n) is 2.66. The highest BCUT2D eigenvalue weighted by molar-refractivity contribution is 5.97. The molecule has 21 heavy (non-hydrogen) atoms. The summed E-state index contributed by atoms with van der Waals surface area (Å²) in [6.07, 6.45) is 0.955. The van der Waals surface area contributed by atoms with Gasteiger partial charge in [0.15, 0.2) is 5.82 Å². The zero-order valence-corrected chi connectivity index (χ0v) is 12.7. The van der Waals surface area contributed by atoms with Gasteiger partial charge in [0.1, 0.15) is 5.69 Å². The molecule has 0 atom stereocenters. The number of hydrogen-bond donors (Lipinski definition) is 0. The lowest BCUT2D eigenvalue weighted by molar-refractivity contribution is 0.0774. The third-order valence-electron chi connectivity index (χ3n) is 3.86. The standard InChI is InChI=1S/C17H19N3O/c1-4-9-20-10-14-12(3)18-16(19-15(14)17(20)21)13-7-5-11(2)6-8-13/h5-8H,4,9-10H2,1-3H3. The lowest BCUT2D eigenvalue weighted by Crippen LogP contribution is -2.24. The van der Waals surface area contributed by atoms with E-state index >= 15 is 0 Å². The monoisotopic (exact) mass is 281 g/mol. The van der Waals surface area contributed by atoms with Crippen LogP contribution in [0.4, 0.5) is 0 Å².